The summed E-state index contributed by atoms with van der Waals surface area (Å²) >= 11 is 0. The van der Waals surface area contributed by atoms with Gasteiger partial charge in [-0.15, -0.1) is 0 Å². The molecule has 4 heteroatoms. The summed E-state index contributed by atoms with van der Waals surface area (Å²) < 4.78 is 5.37. The van der Waals surface area contributed by atoms with E-state index in [2.05, 4.69) is 16.0 Å². The summed E-state index contributed by atoms with van der Waals surface area (Å²) in [6, 6.07) is 2.56. The summed E-state index contributed by atoms with van der Waals surface area (Å²) in [6.45, 7) is 2.56. The van der Waals surface area contributed by atoms with Gasteiger partial charge in [-0.25, -0.2) is 0 Å². The Kier molecular flexibility index (Phi) is 2.75. The largest absolute Gasteiger partial charge is 0.464 e. The van der Waals surface area contributed by atoms with Gasteiger partial charge >= 0.3 is 6.01 Å². The second-order valence-electron chi connectivity index (χ2n) is 4.04. The van der Waals surface area contributed by atoms with Gasteiger partial charge in [-0.3, -0.25) is 0 Å². The van der Waals surface area contributed by atoms with Crippen LogP contribution in [0.25, 0.3) is 0 Å². The van der Waals surface area contributed by atoms with Gasteiger partial charge in [-0.2, -0.15) is 9.97 Å². The van der Waals surface area contributed by atoms with Crippen molar-refractivity contribution in [1.82, 2.24) is 9.97 Å². The number of rotatable bonds is 4. The predicted molar refractivity (Wildman–Crippen MR) is 59.5 cm³/mol. The minimum absolute atomic E-state index is 0.505. The lowest BCUT2D eigenvalue weighted by molar-refractivity contribution is 0.311. The Bertz CT molecular complexity index is 327. The number of aromatic nitrogens is 2. The van der Waals surface area contributed by atoms with E-state index in [1.165, 1.54) is 12.8 Å². The molecule has 1 aromatic rings. The molecular weight excluding hydrogens is 190 g/mol. The minimum atomic E-state index is 0.505. The second-order valence-corrected chi connectivity index (χ2v) is 4.04. The molecule has 0 saturated heterocycles. The molecule has 1 aliphatic carbocycles. The normalized spacial score (nSPS) is 15.1. The lowest BCUT2D eigenvalue weighted by Gasteiger charge is -2.13. The smallest absolute Gasteiger partial charge is 0.318 e. The first kappa shape index (κ1) is 10.2. The van der Waals surface area contributed by atoms with Crippen LogP contribution < -0.4 is 9.64 Å². The van der Waals surface area contributed by atoms with E-state index in [1.807, 2.05) is 25.9 Å². The molecule has 1 aliphatic rings. The van der Waals surface area contributed by atoms with Crippen molar-refractivity contribution in [2.75, 3.05) is 25.6 Å². The fraction of sp³-hybridized carbons (Fsp3) is 0.636. The number of anilines is 1. The predicted octanol–water partition coefficient (Wildman–Crippen LogP) is 1.82. The maximum atomic E-state index is 5.37. The Balaban J connectivity index is 2.30. The Labute approximate surface area is 90.3 Å². The van der Waals surface area contributed by atoms with Crippen molar-refractivity contribution in [2.24, 2.45) is 0 Å². The highest BCUT2D eigenvalue weighted by Gasteiger charge is 2.26. The highest BCUT2D eigenvalue weighted by atomic mass is 16.5. The summed E-state index contributed by atoms with van der Waals surface area (Å²) in [7, 11) is 3.96. The van der Waals surface area contributed by atoms with Gasteiger partial charge in [0.1, 0.15) is 5.82 Å². The van der Waals surface area contributed by atoms with Crippen LogP contribution in [0.1, 0.15) is 31.4 Å². The molecule has 0 atom stereocenters. The van der Waals surface area contributed by atoms with Crippen molar-refractivity contribution in [2.45, 2.75) is 25.7 Å². The molecule has 2 rings (SSSR count). The van der Waals surface area contributed by atoms with Crippen LogP contribution in [-0.4, -0.2) is 30.7 Å². The van der Waals surface area contributed by atoms with Gasteiger partial charge in [0.05, 0.1) is 12.3 Å². The van der Waals surface area contributed by atoms with Gasteiger partial charge in [-0.1, -0.05) is 0 Å². The van der Waals surface area contributed by atoms with Gasteiger partial charge in [0, 0.05) is 26.1 Å². The van der Waals surface area contributed by atoms with Gasteiger partial charge in [0.2, 0.25) is 0 Å². The van der Waals surface area contributed by atoms with Gasteiger partial charge < -0.3 is 9.64 Å². The standard InChI is InChI=1S/C11H17N3O/c1-4-15-11-12-9(8-5-6-8)7-10(13-11)14(2)3/h7-8H,4-6H2,1-3H3. The third-order valence-electron chi connectivity index (χ3n) is 2.44. The van der Waals surface area contributed by atoms with Crippen LogP contribution in [0.5, 0.6) is 6.01 Å². The molecule has 15 heavy (non-hydrogen) atoms. The topological polar surface area (TPSA) is 38.2 Å². The lowest BCUT2D eigenvalue weighted by atomic mass is 10.3. The van der Waals surface area contributed by atoms with Crippen molar-refractivity contribution in [3.05, 3.63) is 11.8 Å². The molecule has 1 aromatic heterocycles. The Morgan fingerprint density at radius 2 is 2.13 bits per heavy atom. The maximum absolute atomic E-state index is 5.37. The minimum Gasteiger partial charge on any atom is -0.464 e. The van der Waals surface area contributed by atoms with E-state index in [-0.39, 0.29) is 0 Å². The molecule has 0 aliphatic heterocycles. The van der Waals surface area contributed by atoms with Crippen LogP contribution >= 0.6 is 0 Å². The van der Waals surface area contributed by atoms with E-state index in [0.717, 1.165) is 11.5 Å². The molecule has 82 valence electrons. The Hall–Kier alpha value is -1.32. The summed E-state index contributed by atoms with van der Waals surface area (Å²) in [5, 5.41) is 0. The van der Waals surface area contributed by atoms with Crippen molar-refractivity contribution in [3.63, 3.8) is 0 Å². The first-order valence-electron chi connectivity index (χ1n) is 5.39. The van der Waals surface area contributed by atoms with Crippen molar-refractivity contribution < 1.29 is 4.74 Å². The maximum Gasteiger partial charge on any atom is 0.318 e. The van der Waals surface area contributed by atoms with Crippen molar-refractivity contribution >= 4 is 5.82 Å². The van der Waals surface area contributed by atoms with E-state index in [1.54, 1.807) is 0 Å². The van der Waals surface area contributed by atoms with Crippen LogP contribution in [0, 0.1) is 0 Å². The highest BCUT2D eigenvalue weighted by molar-refractivity contribution is 5.40. The van der Waals surface area contributed by atoms with Crippen molar-refractivity contribution in [3.8, 4) is 6.01 Å². The molecule has 0 bridgehead atoms. The molecule has 0 aromatic carbocycles. The highest BCUT2D eigenvalue weighted by Crippen LogP contribution is 2.40. The van der Waals surface area contributed by atoms with Crippen LogP contribution in [0.2, 0.25) is 0 Å². The van der Waals surface area contributed by atoms with E-state index in [0.29, 0.717) is 18.5 Å². The molecule has 0 amide bonds. The summed E-state index contributed by atoms with van der Waals surface area (Å²) in [6.07, 6.45) is 2.49. The SMILES string of the molecule is CCOc1nc(C2CC2)cc(N(C)C)n1. The van der Waals surface area contributed by atoms with E-state index in [4.69, 9.17) is 4.74 Å². The first-order valence-corrected chi connectivity index (χ1v) is 5.39. The van der Waals surface area contributed by atoms with Gasteiger partial charge in [0.25, 0.3) is 0 Å². The van der Waals surface area contributed by atoms with Crippen LogP contribution in [-0.2, 0) is 0 Å². The third kappa shape index (κ3) is 2.37. The fourth-order valence-corrected chi connectivity index (χ4v) is 1.44. The summed E-state index contributed by atoms with van der Waals surface area (Å²) in [5.41, 5.74) is 1.12. The number of hydrogen-bond acceptors (Lipinski definition) is 4. The molecule has 0 spiro atoms. The van der Waals surface area contributed by atoms with E-state index in [9.17, 15) is 0 Å². The number of nitrogens with zero attached hydrogens (tertiary/aromatic N) is 3. The zero-order chi connectivity index (χ0) is 10.8. The Morgan fingerprint density at radius 1 is 1.40 bits per heavy atom. The van der Waals surface area contributed by atoms with Gasteiger partial charge in [-0.05, 0) is 19.8 Å². The van der Waals surface area contributed by atoms with Crippen LogP contribution in [0.4, 0.5) is 5.82 Å². The fourth-order valence-electron chi connectivity index (χ4n) is 1.44. The molecule has 4 nitrogen and oxygen atoms in total. The number of ether oxygens (including phenoxy) is 1. The molecular formula is C11H17N3O. The third-order valence-corrected chi connectivity index (χ3v) is 2.44. The molecule has 0 unspecified atom stereocenters. The average Bonchev–Trinajstić information content (AvgIpc) is 3.01. The second kappa shape index (κ2) is 4.04. The lowest BCUT2D eigenvalue weighted by Crippen LogP contribution is -2.13. The molecule has 0 radical (unpaired) electrons. The van der Waals surface area contributed by atoms with Crippen LogP contribution in [0.3, 0.4) is 0 Å². The van der Waals surface area contributed by atoms with E-state index >= 15 is 0 Å². The number of hydrogen-bond donors (Lipinski definition) is 0. The van der Waals surface area contributed by atoms with Crippen LogP contribution in [0.15, 0.2) is 6.07 Å². The zero-order valence-electron chi connectivity index (χ0n) is 9.53. The molecule has 0 N–H and O–H groups in total. The monoisotopic (exact) mass is 207 g/mol. The van der Waals surface area contributed by atoms with Gasteiger partial charge in [0.15, 0.2) is 0 Å². The zero-order valence-corrected chi connectivity index (χ0v) is 9.53. The van der Waals surface area contributed by atoms with Crippen molar-refractivity contribution in [1.29, 1.82) is 0 Å². The Morgan fingerprint density at radius 3 is 2.67 bits per heavy atom. The molecule has 1 heterocycles. The molecule has 1 saturated carbocycles. The van der Waals surface area contributed by atoms with E-state index < -0.39 is 0 Å². The summed E-state index contributed by atoms with van der Waals surface area (Å²) in [5.74, 6) is 1.56. The summed E-state index contributed by atoms with van der Waals surface area (Å²) in [4.78, 5) is 10.7. The first-order chi connectivity index (χ1) is 7.20. The quantitative estimate of drug-likeness (QED) is 0.754. The average molecular weight is 207 g/mol. The molecule has 1 fully saturated rings.